The molecule has 160 valence electrons. The van der Waals surface area contributed by atoms with Gasteiger partial charge in [-0.1, -0.05) is 36.9 Å². The van der Waals surface area contributed by atoms with Crippen LogP contribution in [0.25, 0.3) is 5.69 Å². The van der Waals surface area contributed by atoms with Crippen LogP contribution in [0, 0.1) is 27.7 Å². The van der Waals surface area contributed by atoms with Crippen LogP contribution >= 0.6 is 11.8 Å². The highest BCUT2D eigenvalue weighted by atomic mass is 32.2. The summed E-state index contributed by atoms with van der Waals surface area (Å²) in [5.41, 5.74) is 8.86. The SMILES string of the molecule is CCC1CSC2=NC(c3ccccn3)C(c3cc(C)n(-c4cc(C)ccc4C)c3C)N21. The van der Waals surface area contributed by atoms with E-state index in [1.54, 1.807) is 0 Å². The first-order valence-electron chi connectivity index (χ1n) is 11.2. The second-order valence-electron chi connectivity index (χ2n) is 8.79. The maximum atomic E-state index is 5.19. The minimum absolute atomic E-state index is 0.0330. The molecule has 0 aliphatic carbocycles. The molecule has 2 aliphatic rings. The van der Waals surface area contributed by atoms with E-state index in [9.17, 15) is 0 Å². The van der Waals surface area contributed by atoms with Crippen molar-refractivity contribution in [2.24, 2.45) is 4.99 Å². The standard InChI is InChI=1S/C26H30N4S/c1-6-20-15-31-26-28-24(22-9-7-8-12-27-22)25(30(20)26)21-14-18(4)29(19(21)5)23-13-16(2)10-11-17(23)3/h7-14,20,24-25H,6,15H2,1-5H3. The average molecular weight is 431 g/mol. The minimum Gasteiger partial charge on any atom is -0.338 e. The van der Waals surface area contributed by atoms with E-state index in [2.05, 4.69) is 80.5 Å². The predicted octanol–water partition coefficient (Wildman–Crippen LogP) is 6.09. The van der Waals surface area contributed by atoms with Gasteiger partial charge in [-0.15, -0.1) is 0 Å². The third-order valence-electron chi connectivity index (χ3n) is 6.72. The summed E-state index contributed by atoms with van der Waals surface area (Å²) in [5.74, 6) is 1.12. The van der Waals surface area contributed by atoms with Crippen molar-refractivity contribution in [3.8, 4) is 5.69 Å². The molecule has 0 bridgehead atoms. The van der Waals surface area contributed by atoms with Gasteiger partial charge in [0.25, 0.3) is 0 Å². The van der Waals surface area contributed by atoms with Crippen LogP contribution in [-0.4, -0.2) is 31.4 Å². The summed E-state index contributed by atoms with van der Waals surface area (Å²) in [6.45, 7) is 11.1. The van der Waals surface area contributed by atoms with Gasteiger partial charge in [0.2, 0.25) is 0 Å². The Morgan fingerprint density at radius 2 is 1.90 bits per heavy atom. The summed E-state index contributed by atoms with van der Waals surface area (Å²) >= 11 is 1.90. The summed E-state index contributed by atoms with van der Waals surface area (Å²) in [6, 6.07) is 16.0. The molecule has 1 saturated heterocycles. The van der Waals surface area contributed by atoms with Gasteiger partial charge in [0.15, 0.2) is 5.17 Å². The number of pyridine rings is 1. The van der Waals surface area contributed by atoms with E-state index in [1.807, 2.05) is 24.0 Å². The lowest BCUT2D eigenvalue weighted by molar-refractivity contribution is 0.254. The molecule has 4 heterocycles. The van der Waals surface area contributed by atoms with Crippen LogP contribution in [-0.2, 0) is 0 Å². The van der Waals surface area contributed by atoms with Gasteiger partial charge in [-0.25, -0.2) is 0 Å². The number of hydrogen-bond donors (Lipinski definition) is 0. The first-order chi connectivity index (χ1) is 15.0. The molecule has 0 saturated carbocycles. The first kappa shape index (κ1) is 20.4. The molecule has 31 heavy (non-hydrogen) atoms. The number of benzene rings is 1. The Kier molecular flexibility index (Phi) is 5.17. The van der Waals surface area contributed by atoms with E-state index < -0.39 is 0 Å². The zero-order valence-corrected chi connectivity index (χ0v) is 19.8. The summed E-state index contributed by atoms with van der Waals surface area (Å²) in [5, 5.41) is 1.18. The number of thioether (sulfide) groups is 1. The summed E-state index contributed by atoms with van der Waals surface area (Å²) in [6.07, 6.45) is 3.02. The molecule has 5 heteroatoms. The van der Waals surface area contributed by atoms with Gasteiger partial charge >= 0.3 is 0 Å². The Bertz CT molecular complexity index is 1150. The molecular formula is C26H30N4S. The van der Waals surface area contributed by atoms with Gasteiger partial charge in [0, 0.05) is 35.1 Å². The fraction of sp³-hybridized carbons (Fsp3) is 0.385. The predicted molar refractivity (Wildman–Crippen MR) is 130 cm³/mol. The molecule has 3 unspecified atom stereocenters. The Balaban J connectivity index is 1.66. The van der Waals surface area contributed by atoms with Gasteiger partial charge < -0.3 is 9.47 Å². The average Bonchev–Trinajstić information content (AvgIpc) is 3.42. The second kappa shape index (κ2) is 7.86. The summed E-state index contributed by atoms with van der Waals surface area (Å²) in [7, 11) is 0. The number of nitrogens with zero attached hydrogens (tertiary/aromatic N) is 4. The van der Waals surface area contributed by atoms with Gasteiger partial charge in [-0.05, 0) is 75.1 Å². The van der Waals surface area contributed by atoms with Crippen molar-refractivity contribution in [1.82, 2.24) is 14.5 Å². The van der Waals surface area contributed by atoms with Crippen molar-refractivity contribution in [3.05, 3.63) is 82.4 Å². The second-order valence-corrected chi connectivity index (χ2v) is 9.78. The van der Waals surface area contributed by atoms with Crippen molar-refractivity contribution in [2.45, 2.75) is 59.2 Å². The normalized spacial score (nSPS) is 22.7. The molecular weight excluding hydrogens is 400 g/mol. The molecule has 0 N–H and O–H groups in total. The van der Waals surface area contributed by atoms with Crippen molar-refractivity contribution in [3.63, 3.8) is 0 Å². The van der Waals surface area contributed by atoms with Crippen molar-refractivity contribution >= 4 is 16.9 Å². The lowest BCUT2D eigenvalue weighted by Crippen LogP contribution is -2.35. The molecule has 0 amide bonds. The smallest absolute Gasteiger partial charge is 0.160 e. The maximum Gasteiger partial charge on any atom is 0.160 e. The largest absolute Gasteiger partial charge is 0.338 e. The number of aliphatic imine (C=N–C) groups is 1. The van der Waals surface area contributed by atoms with Crippen molar-refractivity contribution < 1.29 is 0 Å². The molecule has 2 aliphatic heterocycles. The lowest BCUT2D eigenvalue weighted by Gasteiger charge is -2.32. The number of hydrogen-bond acceptors (Lipinski definition) is 4. The van der Waals surface area contributed by atoms with Gasteiger partial charge in [0.1, 0.15) is 6.04 Å². The van der Waals surface area contributed by atoms with Gasteiger partial charge in [-0.2, -0.15) is 0 Å². The highest BCUT2D eigenvalue weighted by Crippen LogP contribution is 2.49. The molecule has 0 radical (unpaired) electrons. The molecule has 1 aromatic carbocycles. The van der Waals surface area contributed by atoms with E-state index in [0.29, 0.717) is 6.04 Å². The van der Waals surface area contributed by atoms with Crippen LogP contribution in [0.4, 0.5) is 0 Å². The van der Waals surface area contributed by atoms with Crippen molar-refractivity contribution in [1.29, 1.82) is 0 Å². The van der Waals surface area contributed by atoms with E-state index in [-0.39, 0.29) is 12.1 Å². The number of aromatic nitrogens is 2. The molecule has 1 fully saturated rings. The zero-order chi connectivity index (χ0) is 21.7. The Morgan fingerprint density at radius 1 is 1.06 bits per heavy atom. The van der Waals surface area contributed by atoms with Crippen LogP contribution in [0.15, 0.2) is 53.7 Å². The molecule has 3 aromatic rings. The third kappa shape index (κ3) is 3.30. The van der Waals surface area contributed by atoms with Crippen LogP contribution in [0.2, 0.25) is 0 Å². The Hall–Kier alpha value is -2.53. The first-order valence-corrected chi connectivity index (χ1v) is 12.1. The van der Waals surface area contributed by atoms with E-state index in [1.165, 1.54) is 38.9 Å². The fourth-order valence-corrected chi connectivity index (χ4v) is 6.44. The third-order valence-corrected chi connectivity index (χ3v) is 7.85. The van der Waals surface area contributed by atoms with E-state index in [4.69, 9.17) is 9.98 Å². The Labute approximate surface area is 189 Å². The number of amidine groups is 1. The lowest BCUT2D eigenvalue weighted by atomic mass is 9.95. The van der Waals surface area contributed by atoms with Gasteiger partial charge in [-0.3, -0.25) is 9.98 Å². The van der Waals surface area contributed by atoms with Crippen LogP contribution in [0.5, 0.6) is 0 Å². The minimum atomic E-state index is 0.0330. The number of rotatable bonds is 4. The van der Waals surface area contributed by atoms with Gasteiger partial charge in [0.05, 0.1) is 11.7 Å². The molecule has 5 rings (SSSR count). The van der Waals surface area contributed by atoms with E-state index in [0.717, 1.165) is 17.9 Å². The van der Waals surface area contributed by atoms with E-state index >= 15 is 0 Å². The molecule has 3 atom stereocenters. The number of fused-ring (bicyclic) bond motifs is 1. The molecule has 2 aromatic heterocycles. The van der Waals surface area contributed by atoms with Crippen molar-refractivity contribution in [2.75, 3.05) is 5.75 Å². The quantitative estimate of drug-likeness (QED) is 0.502. The van der Waals surface area contributed by atoms with Crippen LogP contribution in [0.3, 0.4) is 0 Å². The number of aryl methyl sites for hydroxylation is 3. The van der Waals surface area contributed by atoms with Crippen LogP contribution < -0.4 is 0 Å². The highest BCUT2D eigenvalue weighted by molar-refractivity contribution is 8.14. The topological polar surface area (TPSA) is 33.4 Å². The fourth-order valence-electron chi connectivity index (χ4n) is 5.10. The monoisotopic (exact) mass is 430 g/mol. The molecule has 4 nitrogen and oxygen atoms in total. The summed E-state index contributed by atoms with van der Waals surface area (Å²) < 4.78 is 2.43. The Morgan fingerprint density at radius 3 is 2.65 bits per heavy atom. The summed E-state index contributed by atoms with van der Waals surface area (Å²) in [4.78, 5) is 12.5. The maximum absolute atomic E-state index is 5.19. The zero-order valence-electron chi connectivity index (χ0n) is 19.0. The van der Waals surface area contributed by atoms with Crippen LogP contribution in [0.1, 0.15) is 59.2 Å². The highest BCUT2D eigenvalue weighted by Gasteiger charge is 2.46. The molecule has 0 spiro atoms.